The number of ether oxygens (including phenoxy) is 2. The molecule has 2 atom stereocenters. The number of benzene rings is 1. The number of hydrogen-bond donors (Lipinski definition) is 1. The number of non-ortho nitro benzene ring substituents is 1. The Hall–Kier alpha value is -2.90. The van der Waals surface area contributed by atoms with Gasteiger partial charge in [-0.1, -0.05) is 12.2 Å². The molecule has 0 fully saturated rings. The van der Waals surface area contributed by atoms with Gasteiger partial charge in [-0.05, 0) is 31.7 Å². The number of esters is 1. The average molecular weight is 348 g/mol. The van der Waals surface area contributed by atoms with Crippen molar-refractivity contribution in [3.63, 3.8) is 0 Å². The van der Waals surface area contributed by atoms with Crippen LogP contribution in [0.2, 0.25) is 0 Å². The summed E-state index contributed by atoms with van der Waals surface area (Å²) in [7, 11) is 1.38. The van der Waals surface area contributed by atoms with Gasteiger partial charge in [-0.2, -0.15) is 0 Å². The minimum atomic E-state index is -1.03. The normalized spacial score (nSPS) is 17.0. The van der Waals surface area contributed by atoms with Crippen LogP contribution in [-0.4, -0.2) is 30.0 Å². The summed E-state index contributed by atoms with van der Waals surface area (Å²) in [6.45, 7) is 1.45. The lowest BCUT2D eigenvalue weighted by molar-refractivity contribution is -0.384. The number of carbonyl (C=O) groups excluding carboxylic acids is 2. The summed E-state index contributed by atoms with van der Waals surface area (Å²) in [4.78, 5) is 34.4. The van der Waals surface area contributed by atoms with Crippen LogP contribution in [0.15, 0.2) is 30.4 Å². The number of nitrogens with one attached hydrogen (secondary N) is 1. The lowest BCUT2D eigenvalue weighted by Gasteiger charge is -2.16. The number of allylic oxidation sites excluding steroid dienone is 2. The summed E-state index contributed by atoms with van der Waals surface area (Å²) >= 11 is 0. The second kappa shape index (κ2) is 8.27. The van der Waals surface area contributed by atoms with Crippen LogP contribution in [0.1, 0.15) is 26.2 Å². The summed E-state index contributed by atoms with van der Waals surface area (Å²) in [5.41, 5.74) is -0.0444. The Morgan fingerprint density at radius 1 is 1.44 bits per heavy atom. The van der Waals surface area contributed by atoms with E-state index in [0.29, 0.717) is 0 Å². The fraction of sp³-hybridized carbons (Fsp3) is 0.412. The third-order valence-corrected chi connectivity index (χ3v) is 3.87. The van der Waals surface area contributed by atoms with Gasteiger partial charge in [-0.15, -0.1) is 0 Å². The maximum atomic E-state index is 12.2. The molecule has 1 aromatic carbocycles. The predicted octanol–water partition coefficient (Wildman–Crippen LogP) is 2.83. The molecule has 1 aliphatic carbocycles. The van der Waals surface area contributed by atoms with Gasteiger partial charge in [-0.3, -0.25) is 19.7 Å². The Morgan fingerprint density at radius 2 is 2.20 bits per heavy atom. The van der Waals surface area contributed by atoms with Crippen LogP contribution in [-0.2, 0) is 14.3 Å². The van der Waals surface area contributed by atoms with E-state index in [2.05, 4.69) is 5.32 Å². The monoisotopic (exact) mass is 348 g/mol. The number of rotatable bonds is 7. The third kappa shape index (κ3) is 5.03. The Balaban J connectivity index is 1.98. The molecule has 8 heteroatoms. The Kier molecular flexibility index (Phi) is 6.10. The van der Waals surface area contributed by atoms with Crippen molar-refractivity contribution in [2.24, 2.45) is 5.92 Å². The number of anilines is 1. The van der Waals surface area contributed by atoms with Gasteiger partial charge in [0.15, 0.2) is 6.10 Å². The first-order chi connectivity index (χ1) is 11.9. The molecule has 0 aliphatic heterocycles. The van der Waals surface area contributed by atoms with Crippen molar-refractivity contribution in [3.8, 4) is 5.75 Å². The maximum Gasteiger partial charge on any atom is 0.307 e. The molecule has 0 heterocycles. The van der Waals surface area contributed by atoms with Gasteiger partial charge < -0.3 is 14.8 Å². The Bertz CT molecular complexity index is 700. The standard InChI is InChI=1S/C17H20N2O6/c1-11(25-16(20)9-12-5-3-4-6-12)17(21)18-14-10-13(19(22)23)7-8-15(14)24-2/h3,5,7-8,10-12H,4,6,9H2,1-2H3,(H,18,21)/t11-,12+/m0/s1. The van der Waals surface area contributed by atoms with Gasteiger partial charge in [0.1, 0.15) is 5.75 Å². The van der Waals surface area contributed by atoms with Gasteiger partial charge >= 0.3 is 5.97 Å². The first-order valence-electron chi connectivity index (χ1n) is 7.90. The highest BCUT2D eigenvalue weighted by Gasteiger charge is 2.22. The molecule has 0 saturated heterocycles. The molecule has 1 N–H and O–H groups in total. The van der Waals surface area contributed by atoms with Gasteiger partial charge in [0.05, 0.1) is 24.1 Å². The molecule has 0 spiro atoms. The van der Waals surface area contributed by atoms with E-state index in [-0.39, 0.29) is 29.5 Å². The average Bonchev–Trinajstić information content (AvgIpc) is 3.07. The number of nitrogens with zero attached hydrogens (tertiary/aromatic N) is 1. The van der Waals surface area contributed by atoms with Crippen molar-refractivity contribution in [1.82, 2.24) is 0 Å². The highest BCUT2D eigenvalue weighted by atomic mass is 16.6. The van der Waals surface area contributed by atoms with E-state index >= 15 is 0 Å². The van der Waals surface area contributed by atoms with Crippen molar-refractivity contribution < 1.29 is 24.0 Å². The van der Waals surface area contributed by atoms with E-state index in [1.807, 2.05) is 12.2 Å². The molecule has 1 amide bonds. The maximum absolute atomic E-state index is 12.2. The predicted molar refractivity (Wildman–Crippen MR) is 90.3 cm³/mol. The molecule has 25 heavy (non-hydrogen) atoms. The first kappa shape index (κ1) is 18.4. The van der Waals surface area contributed by atoms with Crippen LogP contribution >= 0.6 is 0 Å². The van der Waals surface area contributed by atoms with Gasteiger partial charge in [0.2, 0.25) is 0 Å². The van der Waals surface area contributed by atoms with Crippen LogP contribution in [0.25, 0.3) is 0 Å². The van der Waals surface area contributed by atoms with Crippen molar-refractivity contribution >= 4 is 23.3 Å². The van der Waals surface area contributed by atoms with Crippen molar-refractivity contribution in [2.45, 2.75) is 32.3 Å². The zero-order valence-corrected chi connectivity index (χ0v) is 14.1. The zero-order valence-electron chi connectivity index (χ0n) is 14.1. The van der Waals surface area contributed by atoms with Crippen molar-refractivity contribution in [2.75, 3.05) is 12.4 Å². The molecule has 0 bridgehead atoms. The number of amides is 1. The van der Waals surface area contributed by atoms with Crippen LogP contribution < -0.4 is 10.1 Å². The molecule has 0 radical (unpaired) electrons. The van der Waals surface area contributed by atoms with Crippen LogP contribution in [0.3, 0.4) is 0 Å². The van der Waals surface area contributed by atoms with E-state index in [9.17, 15) is 19.7 Å². The van der Waals surface area contributed by atoms with Gasteiger partial charge in [-0.25, -0.2) is 0 Å². The SMILES string of the molecule is COc1ccc([N+](=O)[O-])cc1NC(=O)[C@H](C)OC(=O)C[C@@H]1C=CCC1. The van der Waals surface area contributed by atoms with E-state index in [0.717, 1.165) is 12.8 Å². The zero-order chi connectivity index (χ0) is 18.4. The lowest BCUT2D eigenvalue weighted by atomic mass is 10.1. The van der Waals surface area contributed by atoms with E-state index in [1.165, 1.54) is 32.2 Å². The molecule has 0 aromatic heterocycles. The van der Waals surface area contributed by atoms with E-state index in [1.54, 1.807) is 0 Å². The Labute approximate surface area is 145 Å². The largest absolute Gasteiger partial charge is 0.495 e. The van der Waals surface area contributed by atoms with Gasteiger partial charge in [0, 0.05) is 12.1 Å². The van der Waals surface area contributed by atoms with Crippen molar-refractivity contribution in [3.05, 3.63) is 40.5 Å². The first-order valence-corrected chi connectivity index (χ1v) is 7.90. The fourth-order valence-electron chi connectivity index (χ4n) is 2.52. The molecule has 1 aromatic rings. The summed E-state index contributed by atoms with van der Waals surface area (Å²) < 4.78 is 10.2. The number of carbonyl (C=O) groups is 2. The van der Waals surface area contributed by atoms with Crippen LogP contribution in [0.4, 0.5) is 11.4 Å². The highest BCUT2D eigenvalue weighted by Crippen LogP contribution is 2.29. The molecular formula is C17H20N2O6. The summed E-state index contributed by atoms with van der Waals surface area (Å²) in [5.74, 6) is -0.618. The van der Waals surface area contributed by atoms with Gasteiger partial charge in [0.25, 0.3) is 11.6 Å². The van der Waals surface area contributed by atoms with E-state index < -0.39 is 22.9 Å². The minimum absolute atomic E-state index is 0.142. The molecule has 1 aliphatic rings. The second-order valence-electron chi connectivity index (χ2n) is 5.73. The lowest BCUT2D eigenvalue weighted by Crippen LogP contribution is -2.30. The molecule has 0 unspecified atom stereocenters. The second-order valence-corrected chi connectivity index (χ2v) is 5.73. The number of nitro groups is 1. The molecular weight excluding hydrogens is 328 g/mol. The molecule has 0 saturated carbocycles. The number of methoxy groups -OCH3 is 1. The fourth-order valence-corrected chi connectivity index (χ4v) is 2.52. The van der Waals surface area contributed by atoms with E-state index in [4.69, 9.17) is 9.47 Å². The number of hydrogen-bond acceptors (Lipinski definition) is 6. The highest BCUT2D eigenvalue weighted by molar-refractivity contribution is 5.96. The Morgan fingerprint density at radius 3 is 2.80 bits per heavy atom. The summed E-state index contributed by atoms with van der Waals surface area (Å²) in [5, 5.41) is 13.4. The van der Waals surface area contributed by atoms with Crippen LogP contribution in [0.5, 0.6) is 5.75 Å². The summed E-state index contributed by atoms with van der Waals surface area (Å²) in [6.07, 6.45) is 5.04. The quantitative estimate of drug-likeness (QED) is 0.351. The molecule has 2 rings (SSSR count). The third-order valence-electron chi connectivity index (χ3n) is 3.87. The minimum Gasteiger partial charge on any atom is -0.495 e. The number of nitro benzene ring substituents is 1. The smallest absolute Gasteiger partial charge is 0.307 e. The topological polar surface area (TPSA) is 108 Å². The molecule has 8 nitrogen and oxygen atoms in total. The van der Waals surface area contributed by atoms with Crippen molar-refractivity contribution in [1.29, 1.82) is 0 Å². The summed E-state index contributed by atoms with van der Waals surface area (Å²) in [6, 6.07) is 3.85. The van der Waals surface area contributed by atoms with Crippen LogP contribution in [0, 0.1) is 16.0 Å². The molecule has 134 valence electrons.